The predicted molar refractivity (Wildman–Crippen MR) is 142 cm³/mol. The molecule has 1 nitrogen and oxygen atoms in total. The molecule has 188 valence electrons. The quantitative estimate of drug-likeness (QED) is 0.332. The second-order valence-electron chi connectivity index (χ2n) is 12.6. The van der Waals surface area contributed by atoms with Crippen LogP contribution in [0.1, 0.15) is 110 Å². The van der Waals surface area contributed by atoms with E-state index in [1.165, 1.54) is 103 Å². The SMILES string of the molecule is C=CC1CCC(C2CCC(CCC)CC2)CC1C1CC(C2CCC(OC)CC2)CCC1C=C. The summed E-state index contributed by atoms with van der Waals surface area (Å²) in [6, 6.07) is 0. The molecule has 0 heterocycles. The molecule has 0 radical (unpaired) electrons. The number of allylic oxidation sites excluding steroid dienone is 2. The van der Waals surface area contributed by atoms with E-state index in [4.69, 9.17) is 4.74 Å². The Morgan fingerprint density at radius 3 is 1.52 bits per heavy atom. The summed E-state index contributed by atoms with van der Waals surface area (Å²) in [4.78, 5) is 0. The van der Waals surface area contributed by atoms with E-state index in [-0.39, 0.29) is 0 Å². The Kier molecular flexibility index (Phi) is 9.61. The standard InChI is InChI=1S/C32H54O/c1-5-8-23-9-11-26(12-10-23)28-15-13-24(6-2)31(21-28)32-22-29(16-14-25(32)7-3)27-17-19-30(33-4)20-18-27/h6-7,23-32H,2-3,5,8-22H2,1,4H3. The summed E-state index contributed by atoms with van der Waals surface area (Å²) < 4.78 is 5.67. The molecule has 0 bridgehead atoms. The van der Waals surface area contributed by atoms with Crippen LogP contribution in [0.3, 0.4) is 0 Å². The zero-order chi connectivity index (χ0) is 23.2. The molecule has 4 saturated carbocycles. The minimum Gasteiger partial charge on any atom is -0.381 e. The third-order valence-corrected chi connectivity index (χ3v) is 11.1. The minimum atomic E-state index is 0.526. The molecule has 0 aromatic heterocycles. The van der Waals surface area contributed by atoms with E-state index in [9.17, 15) is 0 Å². The third-order valence-electron chi connectivity index (χ3n) is 11.1. The van der Waals surface area contributed by atoms with Crippen molar-refractivity contribution in [3.8, 4) is 0 Å². The highest BCUT2D eigenvalue weighted by Crippen LogP contribution is 2.53. The number of ether oxygens (including phenoxy) is 1. The van der Waals surface area contributed by atoms with Crippen LogP contribution in [0.5, 0.6) is 0 Å². The van der Waals surface area contributed by atoms with Crippen LogP contribution in [-0.2, 0) is 4.74 Å². The second kappa shape index (κ2) is 12.4. The molecular weight excluding hydrogens is 400 g/mol. The first kappa shape index (κ1) is 25.5. The average molecular weight is 455 g/mol. The third kappa shape index (κ3) is 6.17. The Balaban J connectivity index is 1.40. The van der Waals surface area contributed by atoms with Crippen molar-refractivity contribution in [2.75, 3.05) is 7.11 Å². The van der Waals surface area contributed by atoms with Crippen molar-refractivity contribution < 1.29 is 4.74 Å². The molecule has 0 spiro atoms. The van der Waals surface area contributed by atoms with Crippen LogP contribution in [0.15, 0.2) is 25.3 Å². The molecule has 4 fully saturated rings. The summed E-state index contributed by atoms with van der Waals surface area (Å²) in [6.45, 7) is 11.0. The van der Waals surface area contributed by atoms with E-state index in [0.29, 0.717) is 6.10 Å². The normalized spacial score (nSPS) is 44.8. The van der Waals surface area contributed by atoms with Gasteiger partial charge >= 0.3 is 0 Å². The Hall–Kier alpha value is -0.560. The molecule has 0 aliphatic heterocycles. The maximum Gasteiger partial charge on any atom is 0.0571 e. The summed E-state index contributed by atoms with van der Waals surface area (Å²) in [7, 11) is 1.90. The lowest BCUT2D eigenvalue weighted by atomic mass is 9.56. The first-order chi connectivity index (χ1) is 16.2. The van der Waals surface area contributed by atoms with E-state index in [2.05, 4.69) is 32.2 Å². The molecule has 6 unspecified atom stereocenters. The van der Waals surface area contributed by atoms with Crippen LogP contribution < -0.4 is 0 Å². The molecule has 0 aromatic carbocycles. The van der Waals surface area contributed by atoms with E-state index in [1.807, 2.05) is 7.11 Å². The molecule has 4 aliphatic rings. The van der Waals surface area contributed by atoms with Crippen molar-refractivity contribution in [3.05, 3.63) is 25.3 Å². The maximum atomic E-state index is 5.67. The van der Waals surface area contributed by atoms with Gasteiger partial charge in [0.2, 0.25) is 0 Å². The van der Waals surface area contributed by atoms with Crippen molar-refractivity contribution in [3.63, 3.8) is 0 Å². The predicted octanol–water partition coefficient (Wildman–Crippen LogP) is 9.24. The van der Waals surface area contributed by atoms with E-state index in [0.717, 1.165) is 53.3 Å². The molecule has 0 N–H and O–H groups in total. The zero-order valence-corrected chi connectivity index (χ0v) is 22.1. The lowest BCUT2D eigenvalue weighted by Gasteiger charge is -2.49. The second-order valence-corrected chi connectivity index (χ2v) is 12.6. The van der Waals surface area contributed by atoms with Crippen molar-refractivity contribution in [1.29, 1.82) is 0 Å². The fourth-order valence-corrected chi connectivity index (χ4v) is 9.10. The summed E-state index contributed by atoms with van der Waals surface area (Å²) in [5.41, 5.74) is 0. The summed E-state index contributed by atoms with van der Waals surface area (Å²) in [5, 5.41) is 0. The number of hydrogen-bond acceptors (Lipinski definition) is 1. The first-order valence-electron chi connectivity index (χ1n) is 14.9. The van der Waals surface area contributed by atoms with Crippen LogP contribution in [0, 0.1) is 53.3 Å². The van der Waals surface area contributed by atoms with Crippen molar-refractivity contribution in [2.45, 2.75) is 116 Å². The molecule has 6 atom stereocenters. The lowest BCUT2D eigenvalue weighted by Crippen LogP contribution is -2.40. The molecule has 33 heavy (non-hydrogen) atoms. The van der Waals surface area contributed by atoms with E-state index >= 15 is 0 Å². The van der Waals surface area contributed by atoms with E-state index < -0.39 is 0 Å². The maximum absolute atomic E-state index is 5.67. The summed E-state index contributed by atoms with van der Waals surface area (Å²) >= 11 is 0. The smallest absolute Gasteiger partial charge is 0.0571 e. The number of rotatable bonds is 8. The number of methoxy groups -OCH3 is 1. The Morgan fingerprint density at radius 1 is 0.636 bits per heavy atom. The summed E-state index contributed by atoms with van der Waals surface area (Å²) in [5.74, 6) is 8.10. The number of hydrogen-bond donors (Lipinski definition) is 0. The topological polar surface area (TPSA) is 9.23 Å². The van der Waals surface area contributed by atoms with Gasteiger partial charge in [-0.25, -0.2) is 0 Å². The van der Waals surface area contributed by atoms with Gasteiger partial charge in [0, 0.05) is 7.11 Å². The van der Waals surface area contributed by atoms with Gasteiger partial charge in [-0.3, -0.25) is 0 Å². The highest BCUT2D eigenvalue weighted by molar-refractivity contribution is 5.01. The van der Waals surface area contributed by atoms with Crippen LogP contribution in [0.25, 0.3) is 0 Å². The Morgan fingerprint density at radius 2 is 1.09 bits per heavy atom. The average Bonchev–Trinajstić information content (AvgIpc) is 2.88. The highest BCUT2D eigenvalue weighted by atomic mass is 16.5. The molecular formula is C32H54O. The Bertz CT molecular complexity index is 594. The van der Waals surface area contributed by atoms with Crippen molar-refractivity contribution >= 4 is 0 Å². The Labute approximate surface area is 206 Å². The molecule has 0 saturated heterocycles. The molecule has 4 aliphatic carbocycles. The van der Waals surface area contributed by atoms with Gasteiger partial charge in [-0.2, -0.15) is 0 Å². The van der Waals surface area contributed by atoms with Gasteiger partial charge in [-0.15, -0.1) is 13.2 Å². The fourth-order valence-electron chi connectivity index (χ4n) is 9.10. The highest BCUT2D eigenvalue weighted by Gasteiger charge is 2.43. The van der Waals surface area contributed by atoms with Crippen molar-refractivity contribution in [2.24, 2.45) is 53.3 Å². The van der Waals surface area contributed by atoms with Crippen LogP contribution >= 0.6 is 0 Å². The van der Waals surface area contributed by atoms with Gasteiger partial charge < -0.3 is 4.74 Å². The lowest BCUT2D eigenvalue weighted by molar-refractivity contribution is 0.0120. The largest absolute Gasteiger partial charge is 0.381 e. The summed E-state index contributed by atoms with van der Waals surface area (Å²) in [6.07, 6.45) is 28.1. The molecule has 1 heteroatoms. The van der Waals surface area contributed by atoms with Gasteiger partial charge in [-0.05, 0) is 130 Å². The fraction of sp³-hybridized carbons (Fsp3) is 0.875. The van der Waals surface area contributed by atoms with Crippen LogP contribution in [-0.4, -0.2) is 13.2 Å². The van der Waals surface area contributed by atoms with Gasteiger partial charge in [0.25, 0.3) is 0 Å². The van der Waals surface area contributed by atoms with Gasteiger partial charge in [-0.1, -0.05) is 44.8 Å². The van der Waals surface area contributed by atoms with E-state index in [1.54, 1.807) is 0 Å². The van der Waals surface area contributed by atoms with Gasteiger partial charge in [0.1, 0.15) is 0 Å². The van der Waals surface area contributed by atoms with Gasteiger partial charge in [0.05, 0.1) is 6.10 Å². The van der Waals surface area contributed by atoms with Crippen LogP contribution in [0.4, 0.5) is 0 Å². The first-order valence-corrected chi connectivity index (χ1v) is 14.9. The monoisotopic (exact) mass is 454 g/mol. The molecule has 0 aromatic rings. The van der Waals surface area contributed by atoms with Crippen molar-refractivity contribution in [1.82, 2.24) is 0 Å². The molecule has 0 amide bonds. The van der Waals surface area contributed by atoms with Gasteiger partial charge in [0.15, 0.2) is 0 Å². The molecule has 4 rings (SSSR count). The van der Waals surface area contributed by atoms with Crippen LogP contribution in [0.2, 0.25) is 0 Å². The zero-order valence-electron chi connectivity index (χ0n) is 22.1. The minimum absolute atomic E-state index is 0.526.